The van der Waals surface area contributed by atoms with Gasteiger partial charge in [-0.25, -0.2) is 0 Å². The van der Waals surface area contributed by atoms with E-state index in [4.69, 9.17) is 0 Å². The summed E-state index contributed by atoms with van der Waals surface area (Å²) in [6.07, 6.45) is 0. The zero-order valence-corrected chi connectivity index (χ0v) is 8.82. The maximum absolute atomic E-state index is 4.00. The van der Waals surface area contributed by atoms with Crippen molar-refractivity contribution in [2.75, 3.05) is 7.05 Å². The Kier molecular flexibility index (Phi) is 2.41. The van der Waals surface area contributed by atoms with E-state index in [1.165, 1.54) is 10.2 Å². The Morgan fingerprint density at radius 2 is 2.07 bits per heavy atom. The molecule has 0 aliphatic heterocycles. The summed E-state index contributed by atoms with van der Waals surface area (Å²) < 4.78 is 3.22. The standard InChI is InChI=1S/C9H10N4S/c1-10-12-11-9-13(2)7-5-3-4-6-8(7)14-9/h3-6H,1-2H3/b11-9+,12-10+. The van der Waals surface area contributed by atoms with Gasteiger partial charge >= 0.3 is 0 Å². The van der Waals surface area contributed by atoms with Crippen LogP contribution in [0.3, 0.4) is 0 Å². The van der Waals surface area contributed by atoms with Crippen LogP contribution in [0.5, 0.6) is 0 Å². The van der Waals surface area contributed by atoms with E-state index in [-0.39, 0.29) is 0 Å². The molecule has 5 heteroatoms. The molecule has 0 bridgehead atoms. The highest BCUT2D eigenvalue weighted by Gasteiger charge is 1.99. The topological polar surface area (TPSA) is 42.0 Å². The van der Waals surface area contributed by atoms with E-state index in [2.05, 4.69) is 27.6 Å². The highest BCUT2D eigenvalue weighted by molar-refractivity contribution is 7.16. The van der Waals surface area contributed by atoms with Gasteiger partial charge in [-0.3, -0.25) is 0 Å². The van der Waals surface area contributed by atoms with Crippen molar-refractivity contribution in [2.24, 2.45) is 22.5 Å². The van der Waals surface area contributed by atoms with E-state index in [1.807, 2.05) is 23.7 Å². The van der Waals surface area contributed by atoms with Crippen molar-refractivity contribution >= 4 is 21.6 Å². The highest BCUT2D eigenvalue weighted by Crippen LogP contribution is 2.14. The lowest BCUT2D eigenvalue weighted by atomic mass is 10.3. The van der Waals surface area contributed by atoms with Crippen LogP contribution in [0.4, 0.5) is 0 Å². The van der Waals surface area contributed by atoms with Crippen LogP contribution in [-0.4, -0.2) is 11.6 Å². The van der Waals surface area contributed by atoms with Crippen molar-refractivity contribution in [1.82, 2.24) is 4.57 Å². The second kappa shape index (κ2) is 3.71. The van der Waals surface area contributed by atoms with E-state index in [0.29, 0.717) is 0 Å². The molecule has 0 aliphatic carbocycles. The third-order valence-corrected chi connectivity index (χ3v) is 3.04. The second-order valence-electron chi connectivity index (χ2n) is 2.80. The van der Waals surface area contributed by atoms with Crippen LogP contribution in [-0.2, 0) is 7.05 Å². The lowest BCUT2D eigenvalue weighted by Gasteiger charge is -1.91. The predicted octanol–water partition coefficient (Wildman–Crippen LogP) is 2.14. The lowest BCUT2D eigenvalue weighted by Crippen LogP contribution is -2.08. The number of benzene rings is 1. The Morgan fingerprint density at radius 1 is 1.29 bits per heavy atom. The summed E-state index contributed by atoms with van der Waals surface area (Å²) in [5.74, 6) is 0. The molecule has 4 nitrogen and oxygen atoms in total. The molecule has 0 aliphatic rings. The van der Waals surface area contributed by atoms with Gasteiger partial charge in [0.15, 0.2) is 0 Å². The lowest BCUT2D eigenvalue weighted by molar-refractivity contribution is 0.861. The Balaban J connectivity index is 2.74. The maximum atomic E-state index is 4.00. The van der Waals surface area contributed by atoms with Crippen molar-refractivity contribution < 1.29 is 0 Å². The molecular formula is C9H10N4S. The molecule has 1 aromatic heterocycles. The number of para-hydroxylation sites is 1. The van der Waals surface area contributed by atoms with Crippen LogP contribution in [0.2, 0.25) is 0 Å². The summed E-state index contributed by atoms with van der Waals surface area (Å²) in [5.41, 5.74) is 1.17. The van der Waals surface area contributed by atoms with E-state index in [1.54, 1.807) is 18.4 Å². The number of rotatable bonds is 1. The van der Waals surface area contributed by atoms with Crippen LogP contribution >= 0.6 is 11.3 Å². The summed E-state index contributed by atoms with van der Waals surface area (Å²) in [6.45, 7) is 0. The average molecular weight is 206 g/mol. The molecule has 2 aromatic rings. The Hall–Kier alpha value is -1.49. The molecule has 0 fully saturated rings. The quantitative estimate of drug-likeness (QED) is 0.507. The summed E-state index contributed by atoms with van der Waals surface area (Å²) in [6, 6.07) is 8.17. The first-order chi connectivity index (χ1) is 6.83. The SMILES string of the molecule is C/N=N/N=c1/sc2ccccc2n1C. The van der Waals surface area contributed by atoms with Gasteiger partial charge in [0, 0.05) is 7.05 Å². The van der Waals surface area contributed by atoms with Gasteiger partial charge in [0.1, 0.15) is 0 Å². The minimum atomic E-state index is 0.858. The number of aromatic nitrogens is 1. The molecule has 0 N–H and O–H groups in total. The summed E-state index contributed by atoms with van der Waals surface area (Å²) in [5, 5.41) is 11.2. The third kappa shape index (κ3) is 1.46. The second-order valence-corrected chi connectivity index (χ2v) is 3.81. The minimum Gasteiger partial charge on any atom is -0.318 e. The molecule has 0 unspecified atom stereocenters. The number of fused-ring (bicyclic) bond motifs is 1. The number of thiazole rings is 1. The molecule has 1 aromatic carbocycles. The van der Waals surface area contributed by atoms with Gasteiger partial charge in [-0.2, -0.15) is 5.11 Å². The van der Waals surface area contributed by atoms with Gasteiger partial charge in [0.25, 0.3) is 0 Å². The van der Waals surface area contributed by atoms with Crippen LogP contribution in [0.1, 0.15) is 0 Å². The van der Waals surface area contributed by atoms with Gasteiger partial charge in [0.2, 0.25) is 4.80 Å². The van der Waals surface area contributed by atoms with Crippen molar-refractivity contribution in [2.45, 2.75) is 0 Å². The fraction of sp³-hybridized carbons (Fsp3) is 0.222. The van der Waals surface area contributed by atoms with Crippen LogP contribution < -0.4 is 4.80 Å². The molecule has 72 valence electrons. The van der Waals surface area contributed by atoms with Crippen LogP contribution in [0.15, 0.2) is 39.7 Å². The fourth-order valence-electron chi connectivity index (χ4n) is 1.26. The molecule has 0 spiro atoms. The van der Waals surface area contributed by atoms with Crippen LogP contribution in [0, 0.1) is 0 Å². The van der Waals surface area contributed by atoms with Gasteiger partial charge < -0.3 is 4.57 Å². The first-order valence-electron chi connectivity index (χ1n) is 4.20. The monoisotopic (exact) mass is 206 g/mol. The molecule has 2 rings (SSSR count). The van der Waals surface area contributed by atoms with Crippen molar-refractivity contribution in [1.29, 1.82) is 0 Å². The molecule has 14 heavy (non-hydrogen) atoms. The molecular weight excluding hydrogens is 196 g/mol. The molecule has 0 saturated carbocycles. The van der Waals surface area contributed by atoms with Crippen molar-refractivity contribution in [3.8, 4) is 0 Å². The largest absolute Gasteiger partial charge is 0.318 e. The molecule has 0 saturated heterocycles. The van der Waals surface area contributed by atoms with Crippen molar-refractivity contribution in [3.63, 3.8) is 0 Å². The van der Waals surface area contributed by atoms with Crippen LogP contribution in [0.25, 0.3) is 10.2 Å². The van der Waals surface area contributed by atoms with E-state index >= 15 is 0 Å². The van der Waals surface area contributed by atoms with Gasteiger partial charge in [0.05, 0.1) is 17.3 Å². The average Bonchev–Trinajstić information content (AvgIpc) is 2.54. The normalized spacial score (nSPS) is 13.1. The van der Waals surface area contributed by atoms with E-state index < -0.39 is 0 Å². The number of hydrogen-bond donors (Lipinski definition) is 0. The van der Waals surface area contributed by atoms with Gasteiger partial charge in [-0.05, 0) is 17.4 Å². The fourth-order valence-corrected chi connectivity index (χ4v) is 2.23. The van der Waals surface area contributed by atoms with Gasteiger partial charge in [-0.15, -0.1) is 5.10 Å². The molecule has 1 heterocycles. The number of aryl methyl sites for hydroxylation is 1. The number of hydrogen-bond acceptors (Lipinski definition) is 3. The molecule has 0 amide bonds. The zero-order valence-electron chi connectivity index (χ0n) is 8.01. The molecule has 0 radical (unpaired) electrons. The summed E-state index contributed by atoms with van der Waals surface area (Å²) in [7, 11) is 3.58. The highest BCUT2D eigenvalue weighted by atomic mass is 32.1. The minimum absolute atomic E-state index is 0.858. The molecule has 0 atom stereocenters. The Morgan fingerprint density at radius 3 is 2.79 bits per heavy atom. The Labute approximate surface area is 85.2 Å². The van der Waals surface area contributed by atoms with Crippen molar-refractivity contribution in [3.05, 3.63) is 29.1 Å². The van der Waals surface area contributed by atoms with E-state index in [9.17, 15) is 0 Å². The first-order valence-corrected chi connectivity index (χ1v) is 5.02. The smallest absolute Gasteiger partial charge is 0.213 e. The zero-order chi connectivity index (χ0) is 9.97. The van der Waals surface area contributed by atoms with Gasteiger partial charge in [-0.1, -0.05) is 23.5 Å². The summed E-state index contributed by atoms with van der Waals surface area (Å²) >= 11 is 1.61. The maximum Gasteiger partial charge on any atom is 0.213 e. The summed E-state index contributed by atoms with van der Waals surface area (Å²) in [4.78, 5) is 0.858. The predicted molar refractivity (Wildman–Crippen MR) is 57.1 cm³/mol. The number of nitrogens with zero attached hydrogens (tertiary/aromatic N) is 4. The third-order valence-electron chi connectivity index (χ3n) is 1.93. The van der Waals surface area contributed by atoms with E-state index in [0.717, 1.165) is 4.80 Å². The first kappa shape index (κ1) is 9.08. The Bertz CT molecular complexity index is 535.